The Morgan fingerprint density at radius 2 is 1.70 bits per heavy atom. The fourth-order valence-electron chi connectivity index (χ4n) is 1.58. The van der Waals surface area contributed by atoms with Crippen LogP contribution < -0.4 is 5.84 Å². The van der Waals surface area contributed by atoms with Crippen molar-refractivity contribution in [2.75, 3.05) is 19.1 Å². The molecule has 0 atom stereocenters. The molecule has 0 bridgehead atoms. The van der Waals surface area contributed by atoms with Crippen LogP contribution >= 0.6 is 0 Å². The number of nitrogen functional groups attached to an aromatic ring is 1. The van der Waals surface area contributed by atoms with Crippen LogP contribution in [0.25, 0.3) is 0 Å². The van der Waals surface area contributed by atoms with Crippen LogP contribution in [0.15, 0.2) is 6.20 Å². The standard InChI is InChI=1S/C11H13F3N2O4/c1-3-19-9(17)6-5-16(15)8(10(18)20-4-2)7(6)11(12,13)14/h5H,3-4,15H2,1-2H3. The highest BCUT2D eigenvalue weighted by molar-refractivity contribution is 5.98. The van der Waals surface area contributed by atoms with E-state index >= 15 is 0 Å². The van der Waals surface area contributed by atoms with Gasteiger partial charge < -0.3 is 15.3 Å². The van der Waals surface area contributed by atoms with Crippen molar-refractivity contribution in [1.82, 2.24) is 4.68 Å². The van der Waals surface area contributed by atoms with Gasteiger partial charge in [0.1, 0.15) is 5.56 Å². The maximum absolute atomic E-state index is 13.0. The number of aromatic nitrogens is 1. The zero-order valence-electron chi connectivity index (χ0n) is 10.8. The Kier molecular flexibility index (Phi) is 4.64. The molecule has 1 heterocycles. The van der Waals surface area contributed by atoms with Gasteiger partial charge in [0.2, 0.25) is 0 Å². The molecule has 0 fully saturated rings. The van der Waals surface area contributed by atoms with Crippen molar-refractivity contribution in [3.05, 3.63) is 23.0 Å². The predicted octanol–water partition coefficient (Wildman–Crippen LogP) is 1.57. The van der Waals surface area contributed by atoms with Gasteiger partial charge in [0.05, 0.1) is 18.8 Å². The summed E-state index contributed by atoms with van der Waals surface area (Å²) >= 11 is 0. The first-order valence-corrected chi connectivity index (χ1v) is 5.65. The Morgan fingerprint density at radius 3 is 2.15 bits per heavy atom. The molecular formula is C11H13F3N2O4. The molecule has 2 N–H and O–H groups in total. The molecule has 0 aliphatic heterocycles. The van der Waals surface area contributed by atoms with E-state index in [0.29, 0.717) is 10.9 Å². The summed E-state index contributed by atoms with van der Waals surface area (Å²) in [4.78, 5) is 23.1. The number of hydrogen-bond donors (Lipinski definition) is 1. The van der Waals surface area contributed by atoms with Gasteiger partial charge >= 0.3 is 18.1 Å². The highest BCUT2D eigenvalue weighted by Gasteiger charge is 2.43. The smallest absolute Gasteiger partial charge is 0.419 e. The average Bonchev–Trinajstić information content (AvgIpc) is 2.67. The molecule has 0 saturated carbocycles. The minimum absolute atomic E-state index is 0.110. The second kappa shape index (κ2) is 5.85. The molecule has 1 rings (SSSR count). The molecule has 112 valence electrons. The summed E-state index contributed by atoms with van der Waals surface area (Å²) in [6.07, 6.45) is -4.26. The summed E-state index contributed by atoms with van der Waals surface area (Å²) in [6.45, 7) is 2.63. The highest BCUT2D eigenvalue weighted by atomic mass is 19.4. The van der Waals surface area contributed by atoms with Gasteiger partial charge in [0.15, 0.2) is 5.69 Å². The molecule has 1 aromatic heterocycles. The van der Waals surface area contributed by atoms with E-state index < -0.39 is 34.9 Å². The molecule has 0 spiro atoms. The first kappa shape index (κ1) is 15.9. The number of carbonyl (C=O) groups is 2. The summed E-state index contributed by atoms with van der Waals surface area (Å²) in [5, 5.41) is 0. The van der Waals surface area contributed by atoms with Crippen LogP contribution in [-0.2, 0) is 15.7 Å². The van der Waals surface area contributed by atoms with Crippen molar-refractivity contribution in [2.24, 2.45) is 0 Å². The summed E-state index contributed by atoms with van der Waals surface area (Å²) in [5.41, 5.74) is -3.23. The lowest BCUT2D eigenvalue weighted by atomic mass is 10.1. The quantitative estimate of drug-likeness (QED) is 0.673. The van der Waals surface area contributed by atoms with Gasteiger partial charge in [-0.2, -0.15) is 13.2 Å². The monoisotopic (exact) mass is 294 g/mol. The molecule has 0 amide bonds. The van der Waals surface area contributed by atoms with Crippen LogP contribution in [0.4, 0.5) is 13.2 Å². The molecule has 0 saturated heterocycles. The Morgan fingerprint density at radius 1 is 1.20 bits per heavy atom. The maximum atomic E-state index is 13.0. The Hall–Kier alpha value is -2.19. The van der Waals surface area contributed by atoms with Gasteiger partial charge in [-0.1, -0.05) is 0 Å². The number of ether oxygens (including phenoxy) is 2. The van der Waals surface area contributed by atoms with Gasteiger partial charge in [-0.05, 0) is 13.8 Å². The van der Waals surface area contributed by atoms with E-state index in [1.165, 1.54) is 13.8 Å². The van der Waals surface area contributed by atoms with E-state index in [0.717, 1.165) is 0 Å². The van der Waals surface area contributed by atoms with E-state index in [1.807, 2.05) is 0 Å². The zero-order chi connectivity index (χ0) is 15.5. The van der Waals surface area contributed by atoms with Crippen molar-refractivity contribution < 1.29 is 32.2 Å². The fraction of sp³-hybridized carbons (Fsp3) is 0.455. The van der Waals surface area contributed by atoms with Crippen LogP contribution in [0, 0.1) is 0 Å². The molecule has 0 aliphatic carbocycles. The highest BCUT2D eigenvalue weighted by Crippen LogP contribution is 2.36. The summed E-state index contributed by atoms with van der Waals surface area (Å²) in [7, 11) is 0. The topological polar surface area (TPSA) is 83.5 Å². The Balaban J connectivity index is 3.45. The number of carbonyl (C=O) groups excluding carboxylic acids is 2. The first-order valence-electron chi connectivity index (χ1n) is 5.65. The van der Waals surface area contributed by atoms with Gasteiger partial charge in [-0.3, -0.25) is 4.68 Å². The van der Waals surface area contributed by atoms with Gasteiger partial charge in [-0.25, -0.2) is 9.59 Å². The summed E-state index contributed by atoms with van der Waals surface area (Å²) in [5.74, 6) is 2.83. The van der Waals surface area contributed by atoms with Gasteiger partial charge in [0.25, 0.3) is 0 Å². The van der Waals surface area contributed by atoms with E-state index in [4.69, 9.17) is 5.84 Å². The summed E-state index contributed by atoms with van der Waals surface area (Å²) in [6, 6.07) is 0. The predicted molar refractivity (Wildman–Crippen MR) is 61.5 cm³/mol. The van der Waals surface area contributed by atoms with E-state index in [-0.39, 0.29) is 13.2 Å². The van der Waals surface area contributed by atoms with Crippen LogP contribution in [-0.4, -0.2) is 29.8 Å². The number of alkyl halides is 3. The van der Waals surface area contributed by atoms with Gasteiger partial charge in [0, 0.05) is 6.20 Å². The number of nitrogens with zero attached hydrogens (tertiary/aromatic N) is 1. The maximum Gasteiger partial charge on any atom is 0.419 e. The van der Waals surface area contributed by atoms with E-state index in [1.54, 1.807) is 0 Å². The zero-order valence-corrected chi connectivity index (χ0v) is 10.8. The third-order valence-corrected chi connectivity index (χ3v) is 2.28. The van der Waals surface area contributed by atoms with Crippen molar-refractivity contribution in [2.45, 2.75) is 20.0 Å². The lowest BCUT2D eigenvalue weighted by Gasteiger charge is -2.10. The number of halogens is 3. The molecular weight excluding hydrogens is 281 g/mol. The van der Waals surface area contributed by atoms with Crippen LogP contribution in [0.3, 0.4) is 0 Å². The lowest BCUT2D eigenvalue weighted by molar-refractivity contribution is -0.138. The number of esters is 2. The van der Waals surface area contributed by atoms with Crippen molar-refractivity contribution >= 4 is 11.9 Å². The van der Waals surface area contributed by atoms with Crippen molar-refractivity contribution in [1.29, 1.82) is 0 Å². The number of nitrogens with two attached hydrogens (primary N) is 1. The van der Waals surface area contributed by atoms with Gasteiger partial charge in [-0.15, -0.1) is 0 Å². The average molecular weight is 294 g/mol. The molecule has 0 unspecified atom stereocenters. The van der Waals surface area contributed by atoms with E-state index in [9.17, 15) is 22.8 Å². The molecule has 0 radical (unpaired) electrons. The van der Waals surface area contributed by atoms with Crippen molar-refractivity contribution in [3.63, 3.8) is 0 Å². The van der Waals surface area contributed by atoms with Crippen LogP contribution in [0.1, 0.15) is 40.3 Å². The molecule has 0 aromatic carbocycles. The molecule has 20 heavy (non-hydrogen) atoms. The SMILES string of the molecule is CCOC(=O)c1cn(N)c(C(=O)OCC)c1C(F)(F)F. The fourth-order valence-corrected chi connectivity index (χ4v) is 1.58. The minimum Gasteiger partial charge on any atom is -0.462 e. The largest absolute Gasteiger partial charge is 0.462 e. The molecule has 1 aromatic rings. The second-order valence-electron chi connectivity index (χ2n) is 3.61. The van der Waals surface area contributed by atoms with Crippen molar-refractivity contribution in [3.8, 4) is 0 Å². The van der Waals surface area contributed by atoms with E-state index in [2.05, 4.69) is 9.47 Å². The Bertz CT molecular complexity index is 522. The van der Waals surface area contributed by atoms with Crippen LogP contribution in [0.5, 0.6) is 0 Å². The second-order valence-corrected chi connectivity index (χ2v) is 3.61. The van der Waals surface area contributed by atoms with Crippen LogP contribution in [0.2, 0.25) is 0 Å². The third kappa shape index (κ3) is 3.03. The lowest BCUT2D eigenvalue weighted by Crippen LogP contribution is -2.22. The third-order valence-electron chi connectivity index (χ3n) is 2.28. The Labute approximate surface area is 112 Å². The molecule has 0 aliphatic rings. The molecule has 9 heteroatoms. The summed E-state index contributed by atoms with van der Waals surface area (Å²) < 4.78 is 48.5. The number of rotatable bonds is 4. The minimum atomic E-state index is -4.95. The first-order chi connectivity index (χ1) is 9.23. The number of hydrogen-bond acceptors (Lipinski definition) is 5. The molecule has 6 nitrogen and oxygen atoms in total. The normalized spacial score (nSPS) is 11.2.